The minimum Gasteiger partial charge on any atom is -0.468 e. The molecule has 0 bridgehead atoms. The standard InChI is InChI=1S/C17H24F3N5O2/c1-3-15(26)25-7-6-13(10-25)24-16(21-2)23-9-12-4-5-14(22-8-12)27-11-17(18,19)20/h4-5,8,13H,3,6-7,9-11H2,1-2H3,(H2,21,23,24). The lowest BCUT2D eigenvalue weighted by molar-refractivity contribution is -0.154. The molecule has 0 aliphatic carbocycles. The highest BCUT2D eigenvalue weighted by atomic mass is 19.4. The van der Waals surface area contributed by atoms with Crippen LogP contribution in [0.5, 0.6) is 5.88 Å². The maximum Gasteiger partial charge on any atom is 0.422 e. The summed E-state index contributed by atoms with van der Waals surface area (Å²) in [6.07, 6.45) is -1.60. The van der Waals surface area contributed by atoms with Crippen LogP contribution in [-0.2, 0) is 11.3 Å². The lowest BCUT2D eigenvalue weighted by Crippen LogP contribution is -2.44. The average molecular weight is 387 g/mol. The van der Waals surface area contributed by atoms with Gasteiger partial charge in [0.15, 0.2) is 12.6 Å². The average Bonchev–Trinajstić information content (AvgIpc) is 3.11. The molecule has 2 rings (SSSR count). The first kappa shape index (κ1) is 20.8. The van der Waals surface area contributed by atoms with Crippen molar-refractivity contribution in [3.8, 4) is 5.88 Å². The van der Waals surface area contributed by atoms with E-state index in [1.165, 1.54) is 12.3 Å². The van der Waals surface area contributed by atoms with Crippen LogP contribution >= 0.6 is 0 Å². The highest BCUT2D eigenvalue weighted by Crippen LogP contribution is 2.17. The number of amides is 1. The molecule has 1 aromatic heterocycles. The van der Waals surface area contributed by atoms with Gasteiger partial charge in [0.2, 0.25) is 11.8 Å². The molecule has 1 unspecified atom stereocenters. The van der Waals surface area contributed by atoms with E-state index < -0.39 is 12.8 Å². The summed E-state index contributed by atoms with van der Waals surface area (Å²) in [7, 11) is 1.64. The van der Waals surface area contributed by atoms with Crippen molar-refractivity contribution in [3.63, 3.8) is 0 Å². The SMILES string of the molecule is CCC(=O)N1CCC(NC(=NC)NCc2ccc(OCC(F)(F)F)nc2)C1. The molecule has 1 fully saturated rings. The number of ether oxygens (including phenoxy) is 1. The van der Waals surface area contributed by atoms with Gasteiger partial charge in [-0.3, -0.25) is 9.79 Å². The molecular weight excluding hydrogens is 363 g/mol. The zero-order chi connectivity index (χ0) is 19.9. The Morgan fingerprint density at radius 3 is 2.81 bits per heavy atom. The number of aliphatic imine (C=N–C) groups is 1. The van der Waals surface area contributed by atoms with Gasteiger partial charge in [-0.25, -0.2) is 4.98 Å². The predicted octanol–water partition coefficient (Wildman–Crippen LogP) is 1.70. The Hall–Kier alpha value is -2.52. The van der Waals surface area contributed by atoms with Gasteiger partial charge in [-0.1, -0.05) is 13.0 Å². The van der Waals surface area contributed by atoms with E-state index in [0.29, 0.717) is 25.5 Å². The number of halogens is 3. The van der Waals surface area contributed by atoms with Crippen LogP contribution < -0.4 is 15.4 Å². The maximum atomic E-state index is 12.1. The lowest BCUT2D eigenvalue weighted by Gasteiger charge is -2.18. The van der Waals surface area contributed by atoms with Crippen molar-refractivity contribution < 1.29 is 22.7 Å². The Balaban J connectivity index is 1.78. The fraction of sp³-hybridized carbons (Fsp3) is 0.588. The van der Waals surface area contributed by atoms with Gasteiger partial charge >= 0.3 is 6.18 Å². The van der Waals surface area contributed by atoms with Crippen LogP contribution in [0.1, 0.15) is 25.3 Å². The molecule has 1 saturated heterocycles. The molecule has 0 aromatic carbocycles. The summed E-state index contributed by atoms with van der Waals surface area (Å²) in [6.45, 7) is 2.24. The number of aromatic nitrogens is 1. The molecule has 150 valence electrons. The van der Waals surface area contributed by atoms with Gasteiger partial charge in [0.1, 0.15) is 0 Å². The van der Waals surface area contributed by atoms with E-state index in [9.17, 15) is 18.0 Å². The summed E-state index contributed by atoms with van der Waals surface area (Å²) in [5.41, 5.74) is 0.770. The number of nitrogens with zero attached hydrogens (tertiary/aromatic N) is 3. The van der Waals surface area contributed by atoms with Gasteiger partial charge in [-0.05, 0) is 12.0 Å². The number of pyridine rings is 1. The third kappa shape index (κ3) is 6.95. The first-order valence-electron chi connectivity index (χ1n) is 8.70. The van der Waals surface area contributed by atoms with Gasteiger partial charge in [0, 0.05) is 51.4 Å². The van der Waals surface area contributed by atoms with Crippen LogP contribution in [0.15, 0.2) is 23.3 Å². The number of alkyl halides is 3. The molecule has 2 N–H and O–H groups in total. The summed E-state index contributed by atoms with van der Waals surface area (Å²) >= 11 is 0. The Morgan fingerprint density at radius 1 is 1.44 bits per heavy atom. The van der Waals surface area contributed by atoms with E-state index in [-0.39, 0.29) is 17.8 Å². The van der Waals surface area contributed by atoms with E-state index in [1.807, 2.05) is 11.8 Å². The molecule has 0 radical (unpaired) electrons. The van der Waals surface area contributed by atoms with Crippen molar-refractivity contribution in [2.75, 3.05) is 26.7 Å². The molecule has 1 aliphatic rings. The van der Waals surface area contributed by atoms with Crippen LogP contribution in [0.3, 0.4) is 0 Å². The number of hydrogen-bond donors (Lipinski definition) is 2. The molecule has 1 atom stereocenters. The largest absolute Gasteiger partial charge is 0.468 e. The second-order valence-electron chi connectivity index (χ2n) is 6.16. The summed E-state index contributed by atoms with van der Waals surface area (Å²) in [6, 6.07) is 3.16. The topological polar surface area (TPSA) is 78.9 Å². The smallest absolute Gasteiger partial charge is 0.422 e. The van der Waals surface area contributed by atoms with Gasteiger partial charge < -0.3 is 20.3 Å². The zero-order valence-corrected chi connectivity index (χ0v) is 15.3. The molecule has 0 spiro atoms. The molecule has 0 saturated carbocycles. The Bertz CT molecular complexity index is 649. The number of nitrogens with one attached hydrogen (secondary N) is 2. The number of carbonyl (C=O) groups is 1. The van der Waals surface area contributed by atoms with Gasteiger partial charge in [-0.15, -0.1) is 0 Å². The van der Waals surface area contributed by atoms with Crippen LogP contribution in [0.25, 0.3) is 0 Å². The van der Waals surface area contributed by atoms with Crippen molar-refractivity contribution in [1.29, 1.82) is 0 Å². The Labute approximate surface area is 156 Å². The number of likely N-dealkylation sites (tertiary alicyclic amines) is 1. The van der Waals surface area contributed by atoms with Gasteiger partial charge in [0.05, 0.1) is 0 Å². The third-order valence-corrected chi connectivity index (χ3v) is 4.05. The quantitative estimate of drug-likeness (QED) is 0.574. The second-order valence-corrected chi connectivity index (χ2v) is 6.16. The molecule has 2 heterocycles. The fourth-order valence-corrected chi connectivity index (χ4v) is 2.66. The molecule has 1 aromatic rings. The van der Waals surface area contributed by atoms with Crippen LogP contribution in [-0.4, -0.2) is 60.7 Å². The molecular formula is C17H24F3N5O2. The number of guanidine groups is 1. The van der Waals surface area contributed by atoms with Gasteiger partial charge in [-0.2, -0.15) is 13.2 Å². The second kappa shape index (κ2) is 9.43. The van der Waals surface area contributed by atoms with Crippen LogP contribution in [0.2, 0.25) is 0 Å². The van der Waals surface area contributed by atoms with E-state index in [1.54, 1.807) is 13.1 Å². The third-order valence-electron chi connectivity index (χ3n) is 4.05. The fourth-order valence-electron chi connectivity index (χ4n) is 2.66. The highest BCUT2D eigenvalue weighted by Gasteiger charge is 2.28. The zero-order valence-electron chi connectivity index (χ0n) is 15.3. The molecule has 10 heteroatoms. The first-order chi connectivity index (χ1) is 12.8. The lowest BCUT2D eigenvalue weighted by atomic mass is 10.2. The highest BCUT2D eigenvalue weighted by molar-refractivity contribution is 5.80. The number of rotatable bonds is 6. The molecule has 27 heavy (non-hydrogen) atoms. The summed E-state index contributed by atoms with van der Waals surface area (Å²) in [5, 5.41) is 6.39. The van der Waals surface area contributed by atoms with Crippen LogP contribution in [0, 0.1) is 0 Å². The monoisotopic (exact) mass is 387 g/mol. The molecule has 1 amide bonds. The van der Waals surface area contributed by atoms with Crippen molar-refractivity contribution in [2.24, 2.45) is 4.99 Å². The summed E-state index contributed by atoms with van der Waals surface area (Å²) < 4.78 is 40.9. The first-order valence-corrected chi connectivity index (χ1v) is 8.70. The van der Waals surface area contributed by atoms with Crippen LogP contribution in [0.4, 0.5) is 13.2 Å². The van der Waals surface area contributed by atoms with Crippen molar-refractivity contribution in [2.45, 2.75) is 38.5 Å². The maximum absolute atomic E-state index is 12.1. The minimum absolute atomic E-state index is 0.0785. The Kier molecular flexibility index (Phi) is 7.26. The number of hydrogen-bond acceptors (Lipinski definition) is 4. The molecule has 7 nitrogen and oxygen atoms in total. The van der Waals surface area contributed by atoms with E-state index in [4.69, 9.17) is 0 Å². The minimum atomic E-state index is -4.39. The normalized spacial score (nSPS) is 17.7. The summed E-state index contributed by atoms with van der Waals surface area (Å²) in [4.78, 5) is 21.6. The van der Waals surface area contributed by atoms with E-state index in [2.05, 4.69) is 25.3 Å². The van der Waals surface area contributed by atoms with Crippen molar-refractivity contribution >= 4 is 11.9 Å². The van der Waals surface area contributed by atoms with E-state index >= 15 is 0 Å². The van der Waals surface area contributed by atoms with E-state index in [0.717, 1.165) is 18.5 Å². The summed E-state index contributed by atoms with van der Waals surface area (Å²) in [5.74, 6) is 0.648. The predicted molar refractivity (Wildman–Crippen MR) is 94.4 cm³/mol. The number of carbonyl (C=O) groups excluding carboxylic acids is 1. The van der Waals surface area contributed by atoms with Crippen molar-refractivity contribution in [3.05, 3.63) is 23.9 Å². The molecule has 1 aliphatic heterocycles. The Morgan fingerprint density at radius 2 is 2.22 bits per heavy atom. The van der Waals surface area contributed by atoms with Crippen molar-refractivity contribution in [1.82, 2.24) is 20.5 Å². The van der Waals surface area contributed by atoms with Gasteiger partial charge in [0.25, 0.3) is 0 Å².